The quantitative estimate of drug-likeness (QED) is 0.671. The molecule has 8 heteroatoms. The highest BCUT2D eigenvalue weighted by atomic mass is 32.2. The summed E-state index contributed by atoms with van der Waals surface area (Å²) in [5.41, 5.74) is 0. The summed E-state index contributed by atoms with van der Waals surface area (Å²) in [6.07, 6.45) is 3.25. The molecule has 0 radical (unpaired) electrons. The van der Waals surface area contributed by atoms with Gasteiger partial charge in [-0.3, -0.25) is 9.48 Å². The average Bonchev–Trinajstić information content (AvgIpc) is 2.80. The number of hydrogen-bond acceptors (Lipinski definition) is 5. The fourth-order valence-electron chi connectivity index (χ4n) is 2.83. The third-order valence-corrected chi connectivity index (χ3v) is 7.08. The minimum Gasteiger partial charge on any atom is -0.321 e. The third-order valence-electron chi connectivity index (χ3n) is 4.20. The molecule has 1 amide bonds. The number of β-lactam (4-membered cyclic amide) rings is 1. The molecule has 2 aliphatic heterocycles. The number of sulfone groups is 1. The van der Waals surface area contributed by atoms with Gasteiger partial charge in [0.25, 0.3) is 0 Å². The van der Waals surface area contributed by atoms with Crippen LogP contribution in [-0.2, 0) is 21.2 Å². The summed E-state index contributed by atoms with van der Waals surface area (Å²) in [5, 5.41) is 6.84. The van der Waals surface area contributed by atoms with Crippen LogP contribution < -0.4 is 0 Å². The first-order valence-electron chi connectivity index (χ1n) is 5.76. The number of carbonyl (C=O) groups excluding carboxylic acids is 1. The van der Waals surface area contributed by atoms with Gasteiger partial charge in [0.15, 0.2) is 9.84 Å². The fraction of sp³-hybridized carbons (Fsp3) is 0.700. The van der Waals surface area contributed by atoms with Crippen LogP contribution in [0.4, 0.5) is 0 Å². The minimum absolute atomic E-state index is 0.0848. The van der Waals surface area contributed by atoms with Gasteiger partial charge in [-0.05, 0) is 13.8 Å². The summed E-state index contributed by atoms with van der Waals surface area (Å²) in [6.45, 7) is 3.68. The summed E-state index contributed by atoms with van der Waals surface area (Å²) < 4.78 is 25.5. The molecule has 18 heavy (non-hydrogen) atoms. The molecule has 1 aromatic heterocycles. The molecular weight excluding hydrogens is 256 g/mol. The van der Waals surface area contributed by atoms with Crippen molar-refractivity contribution in [3.8, 4) is 0 Å². The monoisotopic (exact) mass is 270 g/mol. The Morgan fingerprint density at radius 1 is 1.56 bits per heavy atom. The van der Waals surface area contributed by atoms with E-state index in [9.17, 15) is 13.2 Å². The first-order chi connectivity index (χ1) is 8.38. The van der Waals surface area contributed by atoms with Crippen LogP contribution in [0, 0.1) is 0 Å². The van der Waals surface area contributed by atoms with Gasteiger partial charge in [-0.2, -0.15) is 0 Å². The molecule has 0 aliphatic carbocycles. The molecule has 1 aromatic rings. The van der Waals surface area contributed by atoms with Crippen LogP contribution in [0.1, 0.15) is 20.3 Å². The minimum atomic E-state index is -3.37. The molecule has 3 unspecified atom stereocenters. The average molecular weight is 270 g/mol. The van der Waals surface area contributed by atoms with E-state index in [1.165, 1.54) is 15.8 Å². The Kier molecular flexibility index (Phi) is 2.14. The second kappa shape index (κ2) is 3.31. The van der Waals surface area contributed by atoms with Crippen molar-refractivity contribution in [1.29, 1.82) is 0 Å². The number of aromatic nitrogens is 3. The number of hydrogen-bond donors (Lipinski definition) is 0. The van der Waals surface area contributed by atoms with Gasteiger partial charge >= 0.3 is 0 Å². The summed E-state index contributed by atoms with van der Waals surface area (Å²) in [5.74, 6) is -0.0848. The Labute approximate surface area is 105 Å². The van der Waals surface area contributed by atoms with E-state index in [2.05, 4.69) is 10.3 Å². The van der Waals surface area contributed by atoms with Gasteiger partial charge in [-0.25, -0.2) is 8.42 Å². The van der Waals surface area contributed by atoms with Gasteiger partial charge in [0.1, 0.15) is 10.1 Å². The number of nitrogens with zero attached hydrogens (tertiary/aromatic N) is 4. The van der Waals surface area contributed by atoms with Crippen molar-refractivity contribution in [2.24, 2.45) is 0 Å². The van der Waals surface area contributed by atoms with Crippen LogP contribution in [0.3, 0.4) is 0 Å². The van der Waals surface area contributed by atoms with Crippen LogP contribution in [-0.4, -0.2) is 50.4 Å². The van der Waals surface area contributed by atoms with Gasteiger partial charge in [0.05, 0.1) is 25.2 Å². The van der Waals surface area contributed by atoms with E-state index in [1.807, 2.05) is 0 Å². The number of carbonyl (C=O) groups is 1. The molecule has 0 bridgehead atoms. The largest absolute Gasteiger partial charge is 0.321 e. The highest BCUT2D eigenvalue weighted by Gasteiger charge is 2.65. The zero-order chi connectivity index (χ0) is 13.1. The molecule has 2 aliphatic rings. The summed E-state index contributed by atoms with van der Waals surface area (Å²) in [7, 11) is -3.37. The molecule has 3 atom stereocenters. The second-order valence-corrected chi connectivity index (χ2v) is 7.66. The second-order valence-electron chi connectivity index (χ2n) is 5.09. The van der Waals surface area contributed by atoms with Crippen LogP contribution in [0.5, 0.6) is 0 Å². The molecule has 0 N–H and O–H groups in total. The van der Waals surface area contributed by atoms with Crippen molar-refractivity contribution in [2.75, 3.05) is 0 Å². The predicted octanol–water partition coefficient (Wildman–Crippen LogP) is -0.588. The SMILES string of the molecule is CC1N2C(=O)CC2S(=O)(=O)C1(C)Cn1ccnn1. The molecule has 2 saturated heterocycles. The van der Waals surface area contributed by atoms with Crippen LogP contribution in [0.2, 0.25) is 0 Å². The van der Waals surface area contributed by atoms with Crippen LogP contribution in [0.15, 0.2) is 12.4 Å². The molecule has 2 fully saturated rings. The summed E-state index contributed by atoms with van der Waals surface area (Å²) in [4.78, 5) is 13.0. The van der Waals surface area contributed by atoms with E-state index >= 15 is 0 Å². The van der Waals surface area contributed by atoms with Gasteiger partial charge in [-0.1, -0.05) is 5.21 Å². The van der Waals surface area contributed by atoms with E-state index in [0.29, 0.717) is 0 Å². The van der Waals surface area contributed by atoms with Gasteiger partial charge < -0.3 is 4.90 Å². The Morgan fingerprint density at radius 2 is 2.28 bits per heavy atom. The predicted molar refractivity (Wildman–Crippen MR) is 62.1 cm³/mol. The van der Waals surface area contributed by atoms with E-state index in [4.69, 9.17) is 0 Å². The van der Waals surface area contributed by atoms with Crippen molar-refractivity contribution in [3.63, 3.8) is 0 Å². The number of amides is 1. The lowest BCUT2D eigenvalue weighted by Crippen LogP contribution is -2.53. The Balaban J connectivity index is 2.02. The Morgan fingerprint density at radius 3 is 2.78 bits per heavy atom. The van der Waals surface area contributed by atoms with Gasteiger partial charge in [-0.15, -0.1) is 5.10 Å². The van der Waals surface area contributed by atoms with Crippen LogP contribution >= 0.6 is 0 Å². The first kappa shape index (κ1) is 11.6. The lowest BCUT2D eigenvalue weighted by molar-refractivity contribution is -0.144. The molecule has 3 rings (SSSR count). The molecule has 98 valence electrons. The highest BCUT2D eigenvalue weighted by Crippen LogP contribution is 2.46. The maximum Gasteiger partial charge on any atom is 0.227 e. The van der Waals surface area contributed by atoms with Gasteiger partial charge in [0, 0.05) is 6.20 Å². The van der Waals surface area contributed by atoms with Crippen molar-refractivity contribution >= 4 is 15.7 Å². The van der Waals surface area contributed by atoms with Crippen LogP contribution in [0.25, 0.3) is 0 Å². The molecule has 0 aromatic carbocycles. The maximum absolute atomic E-state index is 12.5. The van der Waals surface area contributed by atoms with Crippen molar-refractivity contribution in [3.05, 3.63) is 12.4 Å². The normalized spacial score (nSPS) is 37.4. The third kappa shape index (κ3) is 1.18. The molecule has 7 nitrogen and oxygen atoms in total. The van der Waals surface area contributed by atoms with Gasteiger partial charge in [0.2, 0.25) is 5.91 Å². The first-order valence-corrected chi connectivity index (χ1v) is 7.31. The highest BCUT2D eigenvalue weighted by molar-refractivity contribution is 7.93. The lowest BCUT2D eigenvalue weighted by Gasteiger charge is -2.36. The molecule has 0 saturated carbocycles. The van der Waals surface area contributed by atoms with Crippen molar-refractivity contribution in [2.45, 2.75) is 43.0 Å². The standard InChI is InChI=1S/C10H14N4O3S/c1-7-10(2,6-13-4-3-11-12-13)18(16,17)9-5-8(15)14(7)9/h3-4,7,9H,5-6H2,1-2H3. The topological polar surface area (TPSA) is 85.2 Å². The van der Waals surface area contributed by atoms with E-state index < -0.39 is 20.0 Å². The Hall–Kier alpha value is -1.44. The van der Waals surface area contributed by atoms with Crippen molar-refractivity contribution in [1.82, 2.24) is 19.9 Å². The molecule has 0 spiro atoms. The number of fused-ring (bicyclic) bond motifs is 1. The fourth-order valence-corrected chi connectivity index (χ4v) is 5.31. The zero-order valence-electron chi connectivity index (χ0n) is 10.1. The molecular formula is C10H14N4O3S. The smallest absolute Gasteiger partial charge is 0.227 e. The van der Waals surface area contributed by atoms with E-state index in [1.54, 1.807) is 20.0 Å². The Bertz CT molecular complexity index is 597. The molecule has 3 heterocycles. The van der Waals surface area contributed by atoms with E-state index in [-0.39, 0.29) is 24.9 Å². The zero-order valence-corrected chi connectivity index (χ0v) is 11.0. The summed E-state index contributed by atoms with van der Waals surface area (Å²) in [6, 6.07) is -0.335. The van der Waals surface area contributed by atoms with Crippen molar-refractivity contribution < 1.29 is 13.2 Å². The van der Waals surface area contributed by atoms with E-state index in [0.717, 1.165) is 0 Å². The summed E-state index contributed by atoms with van der Waals surface area (Å²) >= 11 is 0. The number of rotatable bonds is 2. The maximum atomic E-state index is 12.5. The lowest BCUT2D eigenvalue weighted by atomic mass is 9.98.